The second-order valence-corrected chi connectivity index (χ2v) is 11.8. The largest absolute Gasteiger partial charge is 0.338 e. The summed E-state index contributed by atoms with van der Waals surface area (Å²) in [5.41, 5.74) is 2.97. The predicted molar refractivity (Wildman–Crippen MR) is 166 cm³/mol. The highest BCUT2D eigenvalue weighted by Gasteiger charge is 2.24. The van der Waals surface area contributed by atoms with Gasteiger partial charge in [-0.3, -0.25) is 9.52 Å². The van der Waals surface area contributed by atoms with Crippen LogP contribution in [0.2, 0.25) is 5.02 Å². The van der Waals surface area contributed by atoms with Crippen LogP contribution in [0.15, 0.2) is 90.0 Å². The number of nitrogens with zero attached hydrogens (tertiary/aromatic N) is 4. The fourth-order valence-electron chi connectivity index (χ4n) is 4.50. The van der Waals surface area contributed by atoms with Crippen LogP contribution in [-0.4, -0.2) is 72.8 Å². The molecule has 0 atom stereocenters. The molecule has 3 aromatic carbocycles. The summed E-state index contributed by atoms with van der Waals surface area (Å²) in [6.07, 6.45) is 1.61. The van der Waals surface area contributed by atoms with Gasteiger partial charge in [0, 0.05) is 66.4 Å². The van der Waals surface area contributed by atoms with Crippen LogP contribution in [0.4, 0.5) is 22.1 Å². The smallest absolute Gasteiger partial charge is 0.317 e. The second kappa shape index (κ2) is 13.1. The maximum Gasteiger partial charge on any atom is 0.317 e. The van der Waals surface area contributed by atoms with Gasteiger partial charge in [0.05, 0.1) is 10.6 Å². The Morgan fingerprint density at radius 3 is 2.12 bits per heavy atom. The number of halogens is 1. The first-order chi connectivity index (χ1) is 20.7. The van der Waals surface area contributed by atoms with Gasteiger partial charge in [-0.25, -0.2) is 23.2 Å². The van der Waals surface area contributed by atoms with Gasteiger partial charge >= 0.3 is 6.03 Å². The van der Waals surface area contributed by atoms with Crippen LogP contribution >= 0.6 is 11.6 Å². The van der Waals surface area contributed by atoms with Crippen LogP contribution in [0.1, 0.15) is 17.3 Å². The topological polar surface area (TPSA) is 137 Å². The van der Waals surface area contributed by atoms with E-state index in [1.54, 1.807) is 82.7 Å². The van der Waals surface area contributed by atoms with Gasteiger partial charge in [0.25, 0.3) is 15.9 Å². The third kappa shape index (κ3) is 7.40. The number of urea groups is 1. The van der Waals surface area contributed by atoms with E-state index in [1.165, 1.54) is 12.1 Å². The molecule has 1 aromatic heterocycles. The van der Waals surface area contributed by atoms with Crippen LogP contribution in [0.5, 0.6) is 0 Å². The van der Waals surface area contributed by atoms with E-state index in [0.29, 0.717) is 71.9 Å². The summed E-state index contributed by atoms with van der Waals surface area (Å²) >= 11 is 5.88. The van der Waals surface area contributed by atoms with Crippen LogP contribution in [-0.2, 0) is 10.0 Å². The number of carbonyl (C=O) groups excluding carboxylic acids is 2. The number of amides is 3. The minimum absolute atomic E-state index is 0.0887. The minimum atomic E-state index is -3.78. The zero-order chi connectivity index (χ0) is 30.4. The molecule has 1 fully saturated rings. The number of aromatic nitrogens is 2. The number of sulfonamides is 1. The molecule has 0 radical (unpaired) electrons. The first-order valence-electron chi connectivity index (χ1n) is 13.6. The van der Waals surface area contributed by atoms with E-state index in [0.717, 1.165) is 0 Å². The Morgan fingerprint density at radius 2 is 1.47 bits per heavy atom. The lowest BCUT2D eigenvalue weighted by atomic mass is 10.1. The number of carbonyl (C=O) groups is 2. The monoisotopic (exact) mass is 619 g/mol. The molecule has 2 heterocycles. The normalized spacial score (nSPS) is 13.3. The Labute approximate surface area is 255 Å². The summed E-state index contributed by atoms with van der Waals surface area (Å²) in [5, 5.41) is 6.44. The molecule has 5 rings (SSSR count). The Kier molecular flexibility index (Phi) is 9.07. The third-order valence-electron chi connectivity index (χ3n) is 6.78. The van der Waals surface area contributed by atoms with E-state index >= 15 is 0 Å². The molecule has 1 aliphatic rings. The molecular formula is C30H30ClN7O4S. The van der Waals surface area contributed by atoms with Crippen LogP contribution < -0.4 is 15.4 Å². The van der Waals surface area contributed by atoms with Gasteiger partial charge in [0.2, 0.25) is 5.95 Å². The highest BCUT2D eigenvalue weighted by atomic mass is 35.5. The average Bonchev–Trinajstić information content (AvgIpc) is 3.02. The second-order valence-electron chi connectivity index (χ2n) is 9.72. The lowest BCUT2D eigenvalue weighted by Gasteiger charge is -2.34. The highest BCUT2D eigenvalue weighted by Crippen LogP contribution is 2.24. The Hall–Kier alpha value is -4.68. The zero-order valence-electron chi connectivity index (χ0n) is 23.3. The maximum atomic E-state index is 13.0. The molecule has 0 aliphatic carbocycles. The van der Waals surface area contributed by atoms with Crippen LogP contribution in [0.3, 0.4) is 0 Å². The van der Waals surface area contributed by atoms with E-state index in [4.69, 9.17) is 11.6 Å². The first-order valence-corrected chi connectivity index (χ1v) is 15.5. The molecule has 0 saturated carbocycles. The Bertz CT molecular complexity index is 1690. The van der Waals surface area contributed by atoms with Gasteiger partial charge in [-0.15, -0.1) is 0 Å². The molecule has 3 amide bonds. The van der Waals surface area contributed by atoms with E-state index in [2.05, 4.69) is 25.3 Å². The summed E-state index contributed by atoms with van der Waals surface area (Å²) in [6.45, 7) is 4.37. The van der Waals surface area contributed by atoms with E-state index < -0.39 is 10.0 Å². The van der Waals surface area contributed by atoms with Gasteiger partial charge < -0.3 is 20.4 Å². The number of rotatable bonds is 8. The molecule has 1 aliphatic heterocycles. The number of anilines is 3. The fourth-order valence-corrected chi connectivity index (χ4v) is 5.68. The van der Waals surface area contributed by atoms with Crippen molar-refractivity contribution in [2.24, 2.45) is 0 Å². The summed E-state index contributed by atoms with van der Waals surface area (Å²) < 4.78 is 28.1. The van der Waals surface area contributed by atoms with Crippen molar-refractivity contribution in [2.45, 2.75) is 11.8 Å². The molecule has 0 unspecified atom stereocenters. The summed E-state index contributed by atoms with van der Waals surface area (Å²) in [5.74, 6) is 0.258. The lowest BCUT2D eigenvalue weighted by molar-refractivity contribution is 0.0665. The molecule has 222 valence electrons. The van der Waals surface area contributed by atoms with Crippen molar-refractivity contribution in [1.82, 2.24) is 25.1 Å². The van der Waals surface area contributed by atoms with Gasteiger partial charge in [-0.05, 0) is 73.7 Å². The van der Waals surface area contributed by atoms with Crippen molar-refractivity contribution in [3.05, 3.63) is 95.6 Å². The predicted octanol–water partition coefficient (Wildman–Crippen LogP) is 4.83. The van der Waals surface area contributed by atoms with Gasteiger partial charge in [0.1, 0.15) is 0 Å². The molecule has 43 heavy (non-hydrogen) atoms. The number of hydrogen-bond acceptors (Lipinski definition) is 7. The quantitative estimate of drug-likeness (QED) is 0.257. The van der Waals surface area contributed by atoms with Crippen LogP contribution in [0.25, 0.3) is 11.3 Å². The number of hydrogen-bond donors (Lipinski definition) is 3. The number of piperazine rings is 1. The average molecular weight is 620 g/mol. The highest BCUT2D eigenvalue weighted by molar-refractivity contribution is 7.92. The van der Waals surface area contributed by atoms with Crippen LogP contribution in [0, 0.1) is 0 Å². The van der Waals surface area contributed by atoms with Crippen molar-refractivity contribution in [3.63, 3.8) is 0 Å². The summed E-state index contributed by atoms with van der Waals surface area (Å²) in [7, 11) is -3.78. The number of nitrogens with one attached hydrogen (secondary N) is 3. The van der Waals surface area contributed by atoms with Crippen molar-refractivity contribution in [3.8, 4) is 11.3 Å². The van der Waals surface area contributed by atoms with E-state index in [9.17, 15) is 18.0 Å². The standard InChI is InChI=1S/C30H30ClN7O4S/c1-2-32-30(40)38-19-17-37(18-20-38)28(39)22-3-9-24(10-4-22)34-29-33-16-15-27(35-29)21-5-13-26(14-6-21)43(41,42)36-25-11-7-23(31)8-12-25/h3-16,36H,2,17-20H2,1H3,(H,32,40)(H,33,34,35). The maximum absolute atomic E-state index is 13.0. The van der Waals surface area contributed by atoms with E-state index in [-0.39, 0.29) is 16.8 Å². The summed E-state index contributed by atoms with van der Waals surface area (Å²) in [4.78, 5) is 37.4. The molecule has 13 heteroatoms. The van der Waals surface area contributed by atoms with Crippen molar-refractivity contribution >= 4 is 50.9 Å². The van der Waals surface area contributed by atoms with Gasteiger partial charge in [-0.2, -0.15) is 0 Å². The van der Waals surface area contributed by atoms with Crippen molar-refractivity contribution in [2.75, 3.05) is 42.8 Å². The van der Waals surface area contributed by atoms with E-state index in [1.807, 2.05) is 6.92 Å². The minimum Gasteiger partial charge on any atom is -0.338 e. The van der Waals surface area contributed by atoms with Gasteiger partial charge in [-0.1, -0.05) is 23.7 Å². The molecule has 1 saturated heterocycles. The SMILES string of the molecule is CCNC(=O)N1CCN(C(=O)c2ccc(Nc3nccc(-c4ccc(S(=O)(=O)Nc5ccc(Cl)cc5)cc4)n3)cc2)CC1. The third-order valence-corrected chi connectivity index (χ3v) is 8.43. The summed E-state index contributed by atoms with van der Waals surface area (Å²) in [6, 6.07) is 21.4. The van der Waals surface area contributed by atoms with Gasteiger partial charge in [0.15, 0.2) is 0 Å². The molecule has 3 N–H and O–H groups in total. The first kappa shape index (κ1) is 29.8. The molecule has 11 nitrogen and oxygen atoms in total. The molecule has 0 spiro atoms. The fraction of sp³-hybridized carbons (Fsp3) is 0.200. The molecule has 0 bridgehead atoms. The number of benzene rings is 3. The Morgan fingerprint density at radius 1 is 0.837 bits per heavy atom. The van der Waals surface area contributed by atoms with Crippen molar-refractivity contribution < 1.29 is 18.0 Å². The zero-order valence-corrected chi connectivity index (χ0v) is 24.9. The Balaban J connectivity index is 1.20. The molecule has 4 aromatic rings. The lowest BCUT2D eigenvalue weighted by Crippen LogP contribution is -2.53. The molecular weight excluding hydrogens is 590 g/mol. The van der Waals surface area contributed by atoms with Crippen molar-refractivity contribution in [1.29, 1.82) is 0 Å².